The quantitative estimate of drug-likeness (QED) is 0.376. The summed E-state index contributed by atoms with van der Waals surface area (Å²) in [6.07, 6.45) is 8.24. The molecule has 0 heterocycles. The van der Waals surface area contributed by atoms with Crippen molar-refractivity contribution in [1.29, 1.82) is 0 Å². The van der Waals surface area contributed by atoms with Crippen LogP contribution < -0.4 is 5.32 Å². The van der Waals surface area contributed by atoms with Crippen molar-refractivity contribution in [3.05, 3.63) is 36.1 Å². The van der Waals surface area contributed by atoms with Gasteiger partial charge in [0.2, 0.25) is 0 Å². The van der Waals surface area contributed by atoms with Crippen LogP contribution in [0.2, 0.25) is 0 Å². The topological polar surface area (TPSA) is 21.3 Å². The minimum absolute atomic E-state index is 0.133. The Hall–Kier alpha value is -1.02. The highest BCUT2D eigenvalue weighted by atomic mass is 16.5. The minimum atomic E-state index is 0.133. The van der Waals surface area contributed by atoms with E-state index in [-0.39, 0.29) is 5.54 Å². The number of rotatable bonds is 8. The second kappa shape index (κ2) is 9.09. The van der Waals surface area contributed by atoms with Crippen LogP contribution in [0, 0.1) is 5.41 Å². The molecule has 0 saturated heterocycles. The smallest absolute Gasteiger partial charge is 0.115 e. The third-order valence-electron chi connectivity index (χ3n) is 3.06. The highest BCUT2D eigenvalue weighted by Gasteiger charge is 2.10. The molecule has 0 saturated carbocycles. The molecule has 0 fully saturated rings. The van der Waals surface area contributed by atoms with E-state index in [2.05, 4.69) is 59.5 Å². The molecule has 0 aliphatic heterocycles. The van der Waals surface area contributed by atoms with Gasteiger partial charge in [-0.05, 0) is 63.7 Å². The zero-order chi connectivity index (χ0) is 16.5. The first-order chi connectivity index (χ1) is 9.57. The maximum absolute atomic E-state index is 5.83. The fraction of sp³-hybridized carbons (Fsp3) is 0.684. The zero-order valence-corrected chi connectivity index (χ0v) is 15.2. The largest absolute Gasteiger partial charge is 0.493 e. The normalized spacial score (nSPS) is 14.2. The fourth-order valence-corrected chi connectivity index (χ4v) is 1.74. The molecule has 21 heavy (non-hydrogen) atoms. The van der Waals surface area contributed by atoms with Crippen LogP contribution in [0.25, 0.3) is 0 Å². The van der Waals surface area contributed by atoms with Crippen LogP contribution in [-0.4, -0.2) is 18.7 Å². The number of hydrogen-bond donors (Lipinski definition) is 1. The predicted molar refractivity (Wildman–Crippen MR) is 94.4 cm³/mol. The van der Waals surface area contributed by atoms with Crippen molar-refractivity contribution < 1.29 is 4.74 Å². The lowest BCUT2D eigenvalue weighted by Gasteiger charge is -2.21. The van der Waals surface area contributed by atoms with Crippen molar-refractivity contribution in [3.63, 3.8) is 0 Å². The summed E-state index contributed by atoms with van der Waals surface area (Å²) in [5.74, 6) is 0.925. The molecule has 0 radical (unpaired) electrons. The molecule has 0 bridgehead atoms. The van der Waals surface area contributed by atoms with Crippen LogP contribution in [-0.2, 0) is 4.74 Å². The summed E-state index contributed by atoms with van der Waals surface area (Å²) in [6, 6.07) is 0. The SMILES string of the molecule is C=C/C(=C\C(=C/C)OCCNC(C)(C)C)CCC(C)(C)C. The van der Waals surface area contributed by atoms with Crippen molar-refractivity contribution >= 4 is 0 Å². The summed E-state index contributed by atoms with van der Waals surface area (Å²) < 4.78 is 5.83. The van der Waals surface area contributed by atoms with E-state index < -0.39 is 0 Å². The van der Waals surface area contributed by atoms with E-state index >= 15 is 0 Å². The molecule has 0 atom stereocenters. The number of allylic oxidation sites excluding steroid dienone is 4. The maximum Gasteiger partial charge on any atom is 0.115 e. The van der Waals surface area contributed by atoms with Gasteiger partial charge in [0.25, 0.3) is 0 Å². The van der Waals surface area contributed by atoms with E-state index in [4.69, 9.17) is 4.74 Å². The standard InChI is InChI=1S/C19H35NO/c1-9-16(11-12-18(3,4)5)15-17(10-2)21-14-13-20-19(6,7)8/h9-10,15,20H,1,11-14H2,2-8H3/b16-15+,17-10+. The average molecular weight is 293 g/mol. The summed E-state index contributed by atoms with van der Waals surface area (Å²) in [6.45, 7) is 20.7. The molecule has 0 aliphatic rings. The Balaban J connectivity index is 4.38. The van der Waals surface area contributed by atoms with E-state index in [9.17, 15) is 0 Å². The van der Waals surface area contributed by atoms with Gasteiger partial charge in [-0.2, -0.15) is 0 Å². The number of nitrogens with one attached hydrogen (secondary N) is 1. The summed E-state index contributed by atoms with van der Waals surface area (Å²) >= 11 is 0. The first-order valence-corrected chi connectivity index (χ1v) is 7.94. The highest BCUT2D eigenvalue weighted by molar-refractivity contribution is 5.25. The monoisotopic (exact) mass is 293 g/mol. The molecule has 0 aromatic rings. The van der Waals surface area contributed by atoms with Crippen LogP contribution in [0.4, 0.5) is 0 Å². The second-order valence-corrected chi connectivity index (χ2v) is 7.70. The molecule has 0 spiro atoms. The highest BCUT2D eigenvalue weighted by Crippen LogP contribution is 2.24. The Bertz CT molecular complexity index is 364. The average Bonchev–Trinajstić information content (AvgIpc) is 2.34. The molecule has 1 N–H and O–H groups in total. The Morgan fingerprint density at radius 2 is 1.76 bits per heavy atom. The molecular formula is C19H35NO. The van der Waals surface area contributed by atoms with Gasteiger partial charge in [0.05, 0.1) is 0 Å². The first-order valence-electron chi connectivity index (χ1n) is 7.94. The summed E-state index contributed by atoms with van der Waals surface area (Å²) in [5.41, 5.74) is 1.71. The lowest BCUT2D eigenvalue weighted by molar-refractivity contribution is 0.213. The second-order valence-electron chi connectivity index (χ2n) is 7.70. The molecule has 0 aromatic heterocycles. The van der Waals surface area contributed by atoms with Crippen molar-refractivity contribution in [1.82, 2.24) is 5.32 Å². The van der Waals surface area contributed by atoms with Gasteiger partial charge in [0.1, 0.15) is 12.4 Å². The third kappa shape index (κ3) is 12.4. The Morgan fingerprint density at radius 1 is 1.14 bits per heavy atom. The third-order valence-corrected chi connectivity index (χ3v) is 3.06. The Labute approximate surface area is 132 Å². The van der Waals surface area contributed by atoms with Crippen LogP contribution in [0.1, 0.15) is 61.3 Å². The predicted octanol–water partition coefficient (Wildman–Crippen LogP) is 5.23. The molecule has 122 valence electrons. The Kier molecular flexibility index (Phi) is 8.65. The minimum Gasteiger partial charge on any atom is -0.493 e. The van der Waals surface area contributed by atoms with Crippen LogP contribution in [0.15, 0.2) is 36.1 Å². The first kappa shape index (κ1) is 20.0. The lowest BCUT2D eigenvalue weighted by atomic mass is 9.88. The van der Waals surface area contributed by atoms with E-state index in [1.54, 1.807) is 0 Å². The van der Waals surface area contributed by atoms with Gasteiger partial charge in [-0.15, -0.1) is 0 Å². The van der Waals surface area contributed by atoms with E-state index in [0.717, 1.165) is 25.1 Å². The number of hydrogen-bond acceptors (Lipinski definition) is 2. The van der Waals surface area contributed by atoms with Crippen molar-refractivity contribution in [2.45, 2.75) is 66.8 Å². The van der Waals surface area contributed by atoms with Crippen molar-refractivity contribution in [3.8, 4) is 0 Å². The van der Waals surface area contributed by atoms with Crippen LogP contribution in [0.5, 0.6) is 0 Å². The van der Waals surface area contributed by atoms with Gasteiger partial charge in [0.15, 0.2) is 0 Å². The Morgan fingerprint density at radius 3 is 2.19 bits per heavy atom. The van der Waals surface area contributed by atoms with E-state index in [0.29, 0.717) is 12.0 Å². The van der Waals surface area contributed by atoms with Gasteiger partial charge < -0.3 is 10.1 Å². The number of ether oxygens (including phenoxy) is 1. The molecule has 0 aliphatic carbocycles. The fourth-order valence-electron chi connectivity index (χ4n) is 1.74. The van der Waals surface area contributed by atoms with Crippen LogP contribution in [0.3, 0.4) is 0 Å². The van der Waals surface area contributed by atoms with Gasteiger partial charge >= 0.3 is 0 Å². The summed E-state index contributed by atoms with van der Waals surface area (Å²) in [7, 11) is 0. The van der Waals surface area contributed by atoms with Gasteiger partial charge in [-0.25, -0.2) is 0 Å². The molecule has 2 heteroatoms. The van der Waals surface area contributed by atoms with Crippen molar-refractivity contribution in [2.75, 3.05) is 13.2 Å². The summed E-state index contributed by atoms with van der Waals surface area (Å²) in [4.78, 5) is 0. The molecule has 2 nitrogen and oxygen atoms in total. The zero-order valence-electron chi connectivity index (χ0n) is 15.2. The van der Waals surface area contributed by atoms with Gasteiger partial charge in [-0.1, -0.05) is 33.4 Å². The molecule has 0 amide bonds. The van der Waals surface area contributed by atoms with Crippen molar-refractivity contribution in [2.24, 2.45) is 5.41 Å². The van der Waals surface area contributed by atoms with Crippen LogP contribution >= 0.6 is 0 Å². The molecule has 0 unspecified atom stereocenters. The summed E-state index contributed by atoms with van der Waals surface area (Å²) in [5, 5.41) is 3.42. The van der Waals surface area contributed by atoms with E-state index in [1.165, 1.54) is 5.57 Å². The van der Waals surface area contributed by atoms with E-state index in [1.807, 2.05) is 19.1 Å². The molecule has 0 aromatic carbocycles. The molecular weight excluding hydrogens is 258 g/mol. The molecule has 0 rings (SSSR count). The maximum atomic E-state index is 5.83. The van der Waals surface area contributed by atoms with Gasteiger partial charge in [-0.3, -0.25) is 0 Å². The van der Waals surface area contributed by atoms with Gasteiger partial charge in [0, 0.05) is 12.1 Å². The lowest BCUT2D eigenvalue weighted by Crippen LogP contribution is -2.37.